The number of nitrogen functional groups attached to an aromatic ring is 1. The normalized spacial score (nSPS) is 11.3. The molecule has 0 amide bonds. The molecule has 148 valence electrons. The number of imidazole rings is 1. The van der Waals surface area contributed by atoms with Gasteiger partial charge in [-0.3, -0.25) is 0 Å². The highest BCUT2D eigenvalue weighted by Gasteiger charge is 2.16. The fourth-order valence-corrected chi connectivity index (χ4v) is 3.17. The number of hydrogen-bond acceptors (Lipinski definition) is 4. The van der Waals surface area contributed by atoms with E-state index in [1.807, 2.05) is 37.4 Å². The molecule has 0 aliphatic heterocycles. The predicted molar refractivity (Wildman–Crippen MR) is 117 cm³/mol. The zero-order chi connectivity index (χ0) is 20.1. The topological polar surface area (TPSA) is 55.8 Å². The van der Waals surface area contributed by atoms with Crippen molar-refractivity contribution < 1.29 is 4.74 Å². The molecular weight excluding hydrogens is 348 g/mol. The summed E-state index contributed by atoms with van der Waals surface area (Å²) in [4.78, 5) is 7.22. The summed E-state index contributed by atoms with van der Waals surface area (Å²) in [6.45, 7) is 10.4. The molecule has 2 N–H and O–H groups in total. The first-order valence-corrected chi connectivity index (χ1v) is 9.80. The number of hydrogen-bond donors (Lipinski definition) is 1. The Morgan fingerprint density at radius 1 is 1.21 bits per heavy atom. The average Bonchev–Trinajstić information content (AvgIpc) is 3.02. The Balaban J connectivity index is 1.95. The highest BCUT2D eigenvalue weighted by Crippen LogP contribution is 2.28. The maximum Gasteiger partial charge on any atom is 0.137 e. The number of benzene rings is 1. The summed E-state index contributed by atoms with van der Waals surface area (Å²) in [6, 6.07) is 12.0. The molecule has 0 radical (unpaired) electrons. The van der Waals surface area contributed by atoms with Gasteiger partial charge in [0.1, 0.15) is 18.0 Å². The van der Waals surface area contributed by atoms with Gasteiger partial charge < -0.3 is 19.8 Å². The van der Waals surface area contributed by atoms with Gasteiger partial charge in [-0.1, -0.05) is 19.9 Å². The summed E-state index contributed by atoms with van der Waals surface area (Å²) in [5.74, 6) is 0.835. The van der Waals surface area contributed by atoms with Crippen molar-refractivity contribution in [1.82, 2.24) is 14.3 Å². The Bertz CT molecular complexity index is 943. The third-order valence-electron chi connectivity index (χ3n) is 4.67. The molecule has 0 bridgehead atoms. The van der Waals surface area contributed by atoms with Crippen molar-refractivity contribution in [3.05, 3.63) is 60.4 Å². The van der Waals surface area contributed by atoms with Crippen molar-refractivity contribution in [1.29, 1.82) is 0 Å². The van der Waals surface area contributed by atoms with E-state index in [-0.39, 0.29) is 0 Å². The third-order valence-corrected chi connectivity index (χ3v) is 4.67. The highest BCUT2D eigenvalue weighted by atomic mass is 16.5. The van der Waals surface area contributed by atoms with Crippen LogP contribution in [0.3, 0.4) is 0 Å². The van der Waals surface area contributed by atoms with E-state index < -0.39 is 0 Å². The maximum atomic E-state index is 6.04. The number of pyridine rings is 1. The molecule has 0 saturated heterocycles. The van der Waals surface area contributed by atoms with Crippen LogP contribution < -0.4 is 10.5 Å². The molecule has 0 fully saturated rings. The van der Waals surface area contributed by atoms with E-state index in [0.29, 0.717) is 6.61 Å². The first kappa shape index (κ1) is 20.0. The van der Waals surface area contributed by atoms with Crippen molar-refractivity contribution in [3.8, 4) is 17.0 Å². The van der Waals surface area contributed by atoms with Crippen molar-refractivity contribution in [2.45, 2.75) is 33.2 Å². The summed E-state index contributed by atoms with van der Waals surface area (Å²) in [7, 11) is 2.15. The zero-order valence-corrected chi connectivity index (χ0v) is 17.1. The van der Waals surface area contributed by atoms with Crippen LogP contribution in [-0.2, 0) is 6.54 Å². The van der Waals surface area contributed by atoms with Crippen molar-refractivity contribution in [2.24, 2.45) is 0 Å². The minimum atomic E-state index is 0.528. The first-order chi connectivity index (χ1) is 13.5. The SMILES string of the molecule is C=C(C)COc1ccc(-c2nc3ccc(N)cn3c2CN(C)CCCC)cc1. The Morgan fingerprint density at radius 2 is 1.96 bits per heavy atom. The molecule has 3 aromatic rings. The highest BCUT2D eigenvalue weighted by molar-refractivity contribution is 5.68. The van der Waals surface area contributed by atoms with Gasteiger partial charge in [-0.15, -0.1) is 0 Å². The summed E-state index contributed by atoms with van der Waals surface area (Å²) >= 11 is 0. The number of fused-ring (bicyclic) bond motifs is 1. The Labute approximate surface area is 167 Å². The fraction of sp³-hybridized carbons (Fsp3) is 0.348. The Hall–Kier alpha value is -2.79. The molecule has 28 heavy (non-hydrogen) atoms. The predicted octanol–water partition coefficient (Wildman–Crippen LogP) is 4.77. The molecule has 1 aromatic carbocycles. The summed E-state index contributed by atoms with van der Waals surface area (Å²) in [6.07, 6.45) is 4.32. The van der Waals surface area contributed by atoms with Gasteiger partial charge in [-0.25, -0.2) is 4.98 Å². The molecule has 0 aliphatic carbocycles. The summed E-state index contributed by atoms with van der Waals surface area (Å²) in [5, 5.41) is 0. The van der Waals surface area contributed by atoms with Crippen LogP contribution in [0.4, 0.5) is 5.69 Å². The molecule has 0 spiro atoms. The monoisotopic (exact) mass is 378 g/mol. The van der Waals surface area contributed by atoms with Crippen molar-refractivity contribution >= 4 is 11.3 Å². The lowest BCUT2D eigenvalue weighted by atomic mass is 10.1. The van der Waals surface area contributed by atoms with E-state index in [4.69, 9.17) is 15.5 Å². The number of ether oxygens (including phenoxy) is 1. The smallest absolute Gasteiger partial charge is 0.137 e. The molecule has 2 heterocycles. The van der Waals surface area contributed by atoms with E-state index in [1.54, 1.807) is 0 Å². The molecule has 0 atom stereocenters. The molecule has 0 saturated carbocycles. The number of nitrogens with zero attached hydrogens (tertiary/aromatic N) is 3. The molecule has 5 nitrogen and oxygen atoms in total. The molecular formula is C23H30N4O. The second-order valence-electron chi connectivity index (χ2n) is 7.46. The van der Waals surface area contributed by atoms with Gasteiger partial charge in [-0.05, 0) is 68.9 Å². The van der Waals surface area contributed by atoms with Gasteiger partial charge in [0.05, 0.1) is 11.4 Å². The van der Waals surface area contributed by atoms with E-state index in [0.717, 1.165) is 52.7 Å². The van der Waals surface area contributed by atoms with Crippen molar-refractivity contribution in [3.63, 3.8) is 0 Å². The summed E-state index contributed by atoms with van der Waals surface area (Å²) < 4.78 is 7.83. The van der Waals surface area contributed by atoms with Gasteiger partial charge >= 0.3 is 0 Å². The molecule has 0 unspecified atom stereocenters. The second-order valence-corrected chi connectivity index (χ2v) is 7.46. The number of rotatable bonds is 9. The fourth-order valence-electron chi connectivity index (χ4n) is 3.17. The number of nitrogens with two attached hydrogens (primary N) is 1. The maximum absolute atomic E-state index is 6.04. The van der Waals surface area contributed by atoms with Gasteiger partial charge in [0, 0.05) is 24.0 Å². The average molecular weight is 379 g/mol. The van der Waals surface area contributed by atoms with Gasteiger partial charge in [0.25, 0.3) is 0 Å². The number of aromatic nitrogens is 2. The van der Waals surface area contributed by atoms with Crippen LogP contribution in [0.15, 0.2) is 54.7 Å². The van der Waals surface area contributed by atoms with Crippen LogP contribution in [0.5, 0.6) is 5.75 Å². The van der Waals surface area contributed by atoms with Crippen LogP contribution in [0.2, 0.25) is 0 Å². The minimum Gasteiger partial charge on any atom is -0.489 e. The lowest BCUT2D eigenvalue weighted by molar-refractivity contribution is 0.316. The standard InChI is InChI=1S/C23H30N4O/c1-5-6-13-26(4)15-21-23(25-22-12-9-19(24)14-27(21)22)18-7-10-20(11-8-18)28-16-17(2)3/h7-12,14H,2,5-6,13,15-16,24H2,1,3-4H3. The molecule has 2 aromatic heterocycles. The Morgan fingerprint density at radius 3 is 2.64 bits per heavy atom. The number of unbranched alkanes of at least 4 members (excludes halogenated alkanes) is 1. The first-order valence-electron chi connectivity index (χ1n) is 9.80. The lowest BCUT2D eigenvalue weighted by Gasteiger charge is -2.17. The van der Waals surface area contributed by atoms with Crippen LogP contribution in [0.1, 0.15) is 32.4 Å². The molecule has 0 aliphatic rings. The van der Waals surface area contributed by atoms with Crippen molar-refractivity contribution in [2.75, 3.05) is 25.9 Å². The van der Waals surface area contributed by atoms with Crippen LogP contribution in [0.25, 0.3) is 16.9 Å². The summed E-state index contributed by atoms with van der Waals surface area (Å²) in [5.41, 5.74) is 11.9. The van der Waals surface area contributed by atoms with E-state index in [1.165, 1.54) is 12.8 Å². The van der Waals surface area contributed by atoms with Crippen LogP contribution in [-0.4, -0.2) is 34.5 Å². The molecule has 3 rings (SSSR count). The quantitative estimate of drug-likeness (QED) is 0.545. The molecule has 5 heteroatoms. The third kappa shape index (κ3) is 4.73. The minimum absolute atomic E-state index is 0.528. The second kappa shape index (κ2) is 8.93. The largest absolute Gasteiger partial charge is 0.489 e. The van der Waals surface area contributed by atoms with Gasteiger partial charge in [-0.2, -0.15) is 0 Å². The Kier molecular flexibility index (Phi) is 6.37. The van der Waals surface area contributed by atoms with E-state index in [2.05, 4.69) is 42.0 Å². The van der Waals surface area contributed by atoms with Crippen LogP contribution >= 0.6 is 0 Å². The lowest BCUT2D eigenvalue weighted by Crippen LogP contribution is -2.20. The van der Waals surface area contributed by atoms with Crippen LogP contribution in [0, 0.1) is 0 Å². The van der Waals surface area contributed by atoms with E-state index in [9.17, 15) is 0 Å². The van der Waals surface area contributed by atoms with E-state index >= 15 is 0 Å². The zero-order valence-electron chi connectivity index (χ0n) is 17.1. The van der Waals surface area contributed by atoms with Gasteiger partial charge in [0.2, 0.25) is 0 Å². The van der Waals surface area contributed by atoms with Gasteiger partial charge in [0.15, 0.2) is 0 Å². The number of anilines is 1.